The smallest absolute Gasteiger partial charge is 0.251 e. The van der Waals surface area contributed by atoms with Crippen LogP contribution in [0.2, 0.25) is 0 Å². The average molecular weight is 439 g/mol. The van der Waals surface area contributed by atoms with Crippen LogP contribution in [0, 0.1) is 5.92 Å². The number of hydrogen-bond donors (Lipinski definition) is 4. The summed E-state index contributed by atoms with van der Waals surface area (Å²) < 4.78 is 5.51. The van der Waals surface area contributed by atoms with Crippen LogP contribution in [-0.2, 0) is 14.3 Å². The summed E-state index contributed by atoms with van der Waals surface area (Å²) in [5, 5.41) is 11.5. The van der Waals surface area contributed by atoms with E-state index in [1.165, 1.54) is 0 Å². The van der Waals surface area contributed by atoms with Crippen molar-refractivity contribution in [2.24, 2.45) is 5.92 Å². The molecule has 170 valence electrons. The number of carbonyl (C=O) groups excluding carboxylic acids is 3. The van der Waals surface area contributed by atoms with Gasteiger partial charge in [0.15, 0.2) is 0 Å². The molecular formula is C24H30N4O4. The summed E-state index contributed by atoms with van der Waals surface area (Å²) in [7, 11) is 0. The van der Waals surface area contributed by atoms with E-state index < -0.39 is 0 Å². The van der Waals surface area contributed by atoms with E-state index in [0.29, 0.717) is 23.5 Å². The molecule has 0 spiro atoms. The number of anilines is 3. The Labute approximate surface area is 188 Å². The van der Waals surface area contributed by atoms with Crippen molar-refractivity contribution in [3.63, 3.8) is 0 Å². The Hall–Kier alpha value is -3.39. The topological polar surface area (TPSA) is 109 Å². The molecule has 3 amide bonds. The van der Waals surface area contributed by atoms with E-state index in [2.05, 4.69) is 21.3 Å². The lowest BCUT2D eigenvalue weighted by molar-refractivity contribution is -0.119. The summed E-state index contributed by atoms with van der Waals surface area (Å²) in [6, 6.07) is 13.9. The lowest BCUT2D eigenvalue weighted by Crippen LogP contribution is -2.31. The van der Waals surface area contributed by atoms with Crippen molar-refractivity contribution < 1.29 is 19.1 Å². The summed E-state index contributed by atoms with van der Waals surface area (Å²) in [5.41, 5.74) is 2.61. The van der Waals surface area contributed by atoms with Crippen molar-refractivity contribution >= 4 is 34.8 Å². The van der Waals surface area contributed by atoms with Crippen molar-refractivity contribution in [1.82, 2.24) is 5.32 Å². The second kappa shape index (κ2) is 11.3. The van der Waals surface area contributed by atoms with Gasteiger partial charge in [0.1, 0.15) is 0 Å². The minimum Gasteiger partial charge on any atom is -0.376 e. The predicted octanol–water partition coefficient (Wildman–Crippen LogP) is 3.24. The van der Waals surface area contributed by atoms with E-state index in [9.17, 15) is 14.4 Å². The largest absolute Gasteiger partial charge is 0.376 e. The van der Waals surface area contributed by atoms with Gasteiger partial charge in [0, 0.05) is 41.7 Å². The monoisotopic (exact) mass is 438 g/mol. The fourth-order valence-electron chi connectivity index (χ4n) is 3.16. The summed E-state index contributed by atoms with van der Waals surface area (Å²) in [4.78, 5) is 36.2. The second-order valence-corrected chi connectivity index (χ2v) is 8.05. The SMILES string of the molecule is CC(C)C(=O)Nc1ccc(NC(=O)CNc2ccc(C(=O)NCC3CCCO3)cc2)cc1. The Kier molecular flexibility index (Phi) is 8.21. The van der Waals surface area contributed by atoms with Crippen molar-refractivity contribution in [3.05, 3.63) is 54.1 Å². The number of benzene rings is 2. The predicted molar refractivity (Wildman–Crippen MR) is 125 cm³/mol. The number of ether oxygens (including phenoxy) is 1. The molecule has 1 aliphatic heterocycles. The van der Waals surface area contributed by atoms with Crippen LogP contribution in [0.4, 0.5) is 17.1 Å². The highest BCUT2D eigenvalue weighted by atomic mass is 16.5. The van der Waals surface area contributed by atoms with Gasteiger partial charge >= 0.3 is 0 Å². The molecule has 1 saturated heterocycles. The highest BCUT2D eigenvalue weighted by Gasteiger charge is 2.16. The Morgan fingerprint density at radius 3 is 2.16 bits per heavy atom. The molecule has 1 aliphatic rings. The lowest BCUT2D eigenvalue weighted by Gasteiger charge is -2.12. The summed E-state index contributed by atoms with van der Waals surface area (Å²) in [5.74, 6) is -0.507. The Bertz CT molecular complexity index is 920. The minimum atomic E-state index is -0.206. The number of rotatable bonds is 9. The van der Waals surface area contributed by atoms with Crippen LogP contribution in [0.15, 0.2) is 48.5 Å². The summed E-state index contributed by atoms with van der Waals surface area (Å²) in [6.07, 6.45) is 2.12. The molecule has 0 saturated carbocycles. The van der Waals surface area contributed by atoms with Gasteiger partial charge < -0.3 is 26.0 Å². The average Bonchev–Trinajstić information content (AvgIpc) is 3.31. The van der Waals surface area contributed by atoms with Gasteiger partial charge in [-0.05, 0) is 61.4 Å². The van der Waals surface area contributed by atoms with Gasteiger partial charge in [0.25, 0.3) is 5.91 Å². The maximum Gasteiger partial charge on any atom is 0.251 e. The normalized spacial score (nSPS) is 15.3. The highest BCUT2D eigenvalue weighted by Crippen LogP contribution is 2.15. The Morgan fingerprint density at radius 1 is 0.938 bits per heavy atom. The molecule has 0 aromatic heterocycles. The molecule has 1 heterocycles. The minimum absolute atomic E-state index is 0.0580. The van der Waals surface area contributed by atoms with Crippen LogP contribution in [-0.4, -0.2) is 43.5 Å². The number of nitrogens with one attached hydrogen (secondary N) is 4. The van der Waals surface area contributed by atoms with Crippen molar-refractivity contribution in [1.29, 1.82) is 0 Å². The third-order valence-corrected chi connectivity index (χ3v) is 5.08. The second-order valence-electron chi connectivity index (χ2n) is 8.05. The van der Waals surface area contributed by atoms with Crippen LogP contribution in [0.3, 0.4) is 0 Å². The molecule has 2 aromatic rings. The van der Waals surface area contributed by atoms with Gasteiger partial charge in [0.2, 0.25) is 11.8 Å². The third-order valence-electron chi connectivity index (χ3n) is 5.08. The van der Waals surface area contributed by atoms with Crippen molar-refractivity contribution in [2.75, 3.05) is 35.6 Å². The zero-order valence-electron chi connectivity index (χ0n) is 18.4. The summed E-state index contributed by atoms with van der Waals surface area (Å²) >= 11 is 0. The molecule has 1 atom stereocenters. The maximum absolute atomic E-state index is 12.2. The molecule has 0 radical (unpaired) electrons. The molecular weight excluding hydrogens is 408 g/mol. The molecule has 4 N–H and O–H groups in total. The van der Waals surface area contributed by atoms with E-state index in [1.54, 1.807) is 48.5 Å². The van der Waals surface area contributed by atoms with Crippen LogP contribution in [0.1, 0.15) is 37.0 Å². The molecule has 8 nitrogen and oxygen atoms in total. The first-order chi connectivity index (χ1) is 15.4. The number of carbonyl (C=O) groups is 3. The Morgan fingerprint density at radius 2 is 1.56 bits per heavy atom. The number of amides is 3. The van der Waals surface area contributed by atoms with Crippen molar-refractivity contribution in [2.45, 2.75) is 32.8 Å². The van der Waals surface area contributed by atoms with Gasteiger partial charge in [-0.1, -0.05) is 13.8 Å². The van der Waals surface area contributed by atoms with E-state index in [1.807, 2.05) is 13.8 Å². The van der Waals surface area contributed by atoms with E-state index >= 15 is 0 Å². The standard InChI is InChI=1S/C24H30N4O4/c1-16(2)23(30)28-20-11-9-19(10-12-20)27-22(29)15-25-18-7-5-17(6-8-18)24(31)26-14-21-4-3-13-32-21/h5-12,16,21,25H,3-4,13-15H2,1-2H3,(H,26,31)(H,27,29)(H,28,30). The van der Waals surface area contributed by atoms with Gasteiger partial charge in [-0.25, -0.2) is 0 Å². The summed E-state index contributed by atoms with van der Waals surface area (Å²) in [6.45, 7) is 5.01. The lowest BCUT2D eigenvalue weighted by atomic mass is 10.2. The molecule has 0 bridgehead atoms. The van der Waals surface area contributed by atoms with Crippen LogP contribution in [0.5, 0.6) is 0 Å². The fourth-order valence-corrected chi connectivity index (χ4v) is 3.16. The van der Waals surface area contributed by atoms with Gasteiger partial charge in [-0.2, -0.15) is 0 Å². The first kappa shape index (κ1) is 23.3. The van der Waals surface area contributed by atoms with Gasteiger partial charge in [0.05, 0.1) is 12.6 Å². The first-order valence-electron chi connectivity index (χ1n) is 10.9. The molecule has 32 heavy (non-hydrogen) atoms. The highest BCUT2D eigenvalue weighted by molar-refractivity contribution is 5.96. The number of hydrogen-bond acceptors (Lipinski definition) is 5. The molecule has 1 fully saturated rings. The third kappa shape index (κ3) is 7.09. The van der Waals surface area contributed by atoms with Crippen LogP contribution >= 0.6 is 0 Å². The molecule has 0 aliphatic carbocycles. The van der Waals surface area contributed by atoms with Crippen LogP contribution < -0.4 is 21.3 Å². The van der Waals surface area contributed by atoms with Gasteiger partial charge in [-0.15, -0.1) is 0 Å². The van der Waals surface area contributed by atoms with E-state index in [0.717, 1.165) is 25.1 Å². The zero-order valence-corrected chi connectivity index (χ0v) is 18.4. The molecule has 8 heteroatoms. The van der Waals surface area contributed by atoms with Gasteiger partial charge in [-0.3, -0.25) is 14.4 Å². The van der Waals surface area contributed by atoms with E-state index in [4.69, 9.17) is 4.74 Å². The molecule has 3 rings (SSSR count). The molecule has 1 unspecified atom stereocenters. The molecule has 2 aromatic carbocycles. The van der Waals surface area contributed by atoms with Crippen LogP contribution in [0.25, 0.3) is 0 Å². The quantitative estimate of drug-likeness (QED) is 0.481. The fraction of sp³-hybridized carbons (Fsp3) is 0.375. The maximum atomic E-state index is 12.2. The van der Waals surface area contributed by atoms with Crippen molar-refractivity contribution in [3.8, 4) is 0 Å². The Balaban J connectivity index is 1.41. The van der Waals surface area contributed by atoms with E-state index in [-0.39, 0.29) is 36.3 Å². The zero-order chi connectivity index (χ0) is 22.9. The first-order valence-corrected chi connectivity index (χ1v) is 10.9.